The Balaban J connectivity index is 2.07. The minimum absolute atomic E-state index is 0.331. The van der Waals surface area contributed by atoms with Crippen molar-refractivity contribution < 1.29 is 0 Å². The molecule has 112 valence electrons. The van der Waals surface area contributed by atoms with Crippen LogP contribution in [0.1, 0.15) is 30.0 Å². The zero-order valence-electron chi connectivity index (χ0n) is 12.5. The van der Waals surface area contributed by atoms with Crippen molar-refractivity contribution in [3.8, 4) is 0 Å². The van der Waals surface area contributed by atoms with Gasteiger partial charge >= 0.3 is 0 Å². The number of rotatable bonds is 5. The maximum atomic E-state index is 5.96. The van der Waals surface area contributed by atoms with Gasteiger partial charge in [0.05, 0.1) is 5.69 Å². The van der Waals surface area contributed by atoms with E-state index >= 15 is 0 Å². The van der Waals surface area contributed by atoms with E-state index in [2.05, 4.69) is 33.4 Å². The van der Waals surface area contributed by atoms with Gasteiger partial charge in [-0.15, -0.1) is 11.6 Å². The molecular weight excluding hydrogens is 304 g/mol. The summed E-state index contributed by atoms with van der Waals surface area (Å²) in [7, 11) is 1.98. The Morgan fingerprint density at radius 3 is 2.90 bits per heavy atom. The summed E-state index contributed by atoms with van der Waals surface area (Å²) in [5.41, 5.74) is 4.43. The molecule has 4 nitrogen and oxygen atoms in total. The fraction of sp³-hybridized carbons (Fsp3) is 0.467. The third kappa shape index (κ3) is 2.60. The summed E-state index contributed by atoms with van der Waals surface area (Å²) in [6, 6.07) is 2.52. The standard InChI is InChI=1S/C15H19ClN4S/c1-10(8-12-5-7-21-9-12)20-13(4-6-16)17-14-11(2)18-19(3)15(14)20/h5,7,9-10H,4,6,8H2,1-3H3. The van der Waals surface area contributed by atoms with Gasteiger partial charge in [0.1, 0.15) is 11.3 Å². The number of hydrogen-bond donors (Lipinski definition) is 0. The van der Waals surface area contributed by atoms with Gasteiger partial charge in [0.25, 0.3) is 0 Å². The molecule has 3 rings (SSSR count). The number of nitrogens with zero attached hydrogens (tertiary/aromatic N) is 4. The molecule has 3 aromatic rings. The van der Waals surface area contributed by atoms with Gasteiger partial charge in [-0.3, -0.25) is 4.68 Å². The van der Waals surface area contributed by atoms with Crippen LogP contribution in [0.2, 0.25) is 0 Å². The topological polar surface area (TPSA) is 35.6 Å². The molecule has 0 fully saturated rings. The zero-order chi connectivity index (χ0) is 15.0. The van der Waals surface area contributed by atoms with E-state index in [9.17, 15) is 0 Å². The Morgan fingerprint density at radius 2 is 2.24 bits per heavy atom. The van der Waals surface area contributed by atoms with Crippen LogP contribution in [0.3, 0.4) is 0 Å². The summed E-state index contributed by atoms with van der Waals surface area (Å²) in [5, 5.41) is 8.83. The van der Waals surface area contributed by atoms with E-state index in [4.69, 9.17) is 16.6 Å². The highest BCUT2D eigenvalue weighted by Crippen LogP contribution is 2.26. The van der Waals surface area contributed by atoms with Crippen LogP contribution in [0.4, 0.5) is 0 Å². The van der Waals surface area contributed by atoms with E-state index < -0.39 is 0 Å². The highest BCUT2D eigenvalue weighted by molar-refractivity contribution is 7.07. The molecule has 3 aromatic heterocycles. The number of aryl methyl sites for hydroxylation is 3. The first-order chi connectivity index (χ1) is 10.1. The Kier molecular flexibility index (Phi) is 4.04. The van der Waals surface area contributed by atoms with E-state index in [1.54, 1.807) is 11.3 Å². The highest BCUT2D eigenvalue weighted by atomic mass is 35.5. The van der Waals surface area contributed by atoms with Crippen molar-refractivity contribution in [2.45, 2.75) is 32.7 Å². The second-order valence-electron chi connectivity index (χ2n) is 5.40. The van der Waals surface area contributed by atoms with Crippen molar-refractivity contribution in [3.05, 3.63) is 33.9 Å². The van der Waals surface area contributed by atoms with E-state index in [0.29, 0.717) is 11.9 Å². The second kappa shape index (κ2) is 5.81. The van der Waals surface area contributed by atoms with Crippen LogP contribution in [0, 0.1) is 6.92 Å². The third-order valence-corrected chi connectivity index (χ3v) is 4.70. The normalized spacial score (nSPS) is 13.1. The third-order valence-electron chi connectivity index (χ3n) is 3.78. The van der Waals surface area contributed by atoms with Crippen molar-refractivity contribution in [2.24, 2.45) is 7.05 Å². The quantitative estimate of drug-likeness (QED) is 0.671. The highest BCUT2D eigenvalue weighted by Gasteiger charge is 2.20. The smallest absolute Gasteiger partial charge is 0.158 e. The molecule has 21 heavy (non-hydrogen) atoms. The summed E-state index contributed by atoms with van der Waals surface area (Å²) in [4.78, 5) is 4.77. The molecule has 3 heterocycles. The molecule has 0 amide bonds. The van der Waals surface area contributed by atoms with Crippen LogP contribution < -0.4 is 0 Å². The van der Waals surface area contributed by atoms with E-state index in [0.717, 1.165) is 35.5 Å². The van der Waals surface area contributed by atoms with E-state index in [1.807, 2.05) is 18.7 Å². The number of halogens is 1. The summed E-state index contributed by atoms with van der Waals surface area (Å²) in [6.07, 6.45) is 1.78. The van der Waals surface area contributed by atoms with Crippen LogP contribution in [-0.4, -0.2) is 25.2 Å². The number of alkyl halides is 1. The summed E-state index contributed by atoms with van der Waals surface area (Å²) in [5.74, 6) is 1.64. The van der Waals surface area contributed by atoms with Crippen LogP contribution >= 0.6 is 22.9 Å². The largest absolute Gasteiger partial charge is 0.310 e. The van der Waals surface area contributed by atoms with Crippen LogP contribution in [-0.2, 0) is 19.9 Å². The van der Waals surface area contributed by atoms with Crippen molar-refractivity contribution >= 4 is 34.1 Å². The molecule has 1 unspecified atom stereocenters. The summed E-state index contributed by atoms with van der Waals surface area (Å²) < 4.78 is 4.23. The zero-order valence-corrected chi connectivity index (χ0v) is 14.1. The van der Waals surface area contributed by atoms with Crippen molar-refractivity contribution in [3.63, 3.8) is 0 Å². The van der Waals surface area contributed by atoms with Gasteiger partial charge in [0.2, 0.25) is 0 Å². The Bertz CT molecular complexity index is 741. The molecule has 0 N–H and O–H groups in total. The van der Waals surface area contributed by atoms with E-state index in [-0.39, 0.29) is 0 Å². The lowest BCUT2D eigenvalue weighted by atomic mass is 10.1. The molecule has 0 aliphatic carbocycles. The van der Waals surface area contributed by atoms with Gasteiger partial charge in [0.15, 0.2) is 5.65 Å². The van der Waals surface area contributed by atoms with Crippen LogP contribution in [0.5, 0.6) is 0 Å². The Labute approximate surface area is 133 Å². The molecule has 0 spiro atoms. The van der Waals surface area contributed by atoms with Crippen molar-refractivity contribution in [2.75, 3.05) is 5.88 Å². The monoisotopic (exact) mass is 322 g/mol. The maximum Gasteiger partial charge on any atom is 0.158 e. The van der Waals surface area contributed by atoms with Crippen molar-refractivity contribution in [1.29, 1.82) is 0 Å². The minimum atomic E-state index is 0.331. The average Bonchev–Trinajstić information content (AvgIpc) is 3.10. The van der Waals surface area contributed by atoms with Gasteiger partial charge in [-0.2, -0.15) is 16.4 Å². The first-order valence-corrected chi connectivity index (χ1v) is 8.57. The fourth-order valence-corrected chi connectivity index (χ4v) is 3.76. The molecule has 0 saturated carbocycles. The lowest BCUT2D eigenvalue weighted by Gasteiger charge is -2.17. The van der Waals surface area contributed by atoms with Crippen LogP contribution in [0.25, 0.3) is 11.2 Å². The van der Waals surface area contributed by atoms with Gasteiger partial charge in [-0.05, 0) is 42.7 Å². The van der Waals surface area contributed by atoms with E-state index in [1.165, 1.54) is 5.56 Å². The SMILES string of the molecule is Cc1nn(C)c2c1nc(CCCl)n2C(C)Cc1ccsc1. The Hall–Kier alpha value is -1.33. The molecule has 0 aliphatic heterocycles. The number of hydrogen-bond acceptors (Lipinski definition) is 3. The number of aromatic nitrogens is 4. The molecule has 0 aliphatic rings. The lowest BCUT2D eigenvalue weighted by molar-refractivity contribution is 0.525. The molecule has 6 heteroatoms. The average molecular weight is 323 g/mol. The summed E-state index contributed by atoms with van der Waals surface area (Å²) in [6.45, 7) is 4.24. The second-order valence-corrected chi connectivity index (χ2v) is 6.56. The fourth-order valence-electron chi connectivity index (χ4n) is 2.91. The van der Waals surface area contributed by atoms with Gasteiger partial charge in [0, 0.05) is 25.4 Å². The Morgan fingerprint density at radius 1 is 1.43 bits per heavy atom. The molecular formula is C15H19ClN4S. The molecule has 0 radical (unpaired) electrons. The molecule has 0 bridgehead atoms. The van der Waals surface area contributed by atoms with Gasteiger partial charge < -0.3 is 4.57 Å². The lowest BCUT2D eigenvalue weighted by Crippen LogP contribution is -2.14. The predicted molar refractivity (Wildman–Crippen MR) is 88.4 cm³/mol. The molecule has 0 saturated heterocycles. The van der Waals surface area contributed by atoms with Crippen molar-refractivity contribution in [1.82, 2.24) is 19.3 Å². The molecule has 0 aromatic carbocycles. The number of imidazole rings is 1. The first kappa shape index (κ1) is 14.6. The van der Waals surface area contributed by atoms with Gasteiger partial charge in [-0.25, -0.2) is 4.98 Å². The van der Waals surface area contributed by atoms with Gasteiger partial charge in [-0.1, -0.05) is 0 Å². The number of thiophene rings is 1. The van der Waals surface area contributed by atoms with Crippen LogP contribution in [0.15, 0.2) is 16.8 Å². The maximum absolute atomic E-state index is 5.96. The molecule has 1 atom stereocenters. The summed E-state index contributed by atoms with van der Waals surface area (Å²) >= 11 is 7.70. The minimum Gasteiger partial charge on any atom is -0.310 e. The number of fused-ring (bicyclic) bond motifs is 1. The predicted octanol–water partition coefficient (Wildman–Crippen LogP) is 3.72. The first-order valence-electron chi connectivity index (χ1n) is 7.09.